The Morgan fingerprint density at radius 3 is 2.53 bits per heavy atom. The lowest BCUT2D eigenvalue weighted by atomic mass is 9.87. The van der Waals surface area contributed by atoms with Crippen LogP contribution in [0.2, 0.25) is 0 Å². The number of hydrogen-bond acceptors (Lipinski definition) is 8. The number of aliphatic hydroxyl groups excluding tert-OH is 1. The van der Waals surface area contributed by atoms with Crippen LogP contribution in [0.25, 0.3) is 0 Å². The summed E-state index contributed by atoms with van der Waals surface area (Å²) in [5.41, 5.74) is 0.271. The third kappa shape index (κ3) is 8.49. The molecule has 3 heterocycles. The molecule has 0 radical (unpaired) electrons. The van der Waals surface area contributed by atoms with E-state index in [-0.39, 0.29) is 36.5 Å². The normalized spacial score (nSPS) is 36.4. The van der Waals surface area contributed by atoms with E-state index in [0.717, 1.165) is 12.0 Å². The van der Waals surface area contributed by atoms with Gasteiger partial charge in [0.05, 0.1) is 37.4 Å². The highest BCUT2D eigenvalue weighted by molar-refractivity contribution is 5.87. The van der Waals surface area contributed by atoms with Gasteiger partial charge in [-0.3, -0.25) is 14.4 Å². The number of aliphatic carboxylic acids is 1. The molecule has 9 atom stereocenters. The molecular formula is C28H41NO9. The number of carbonyl (C=O) groups excluding carboxylic acids is 2. The summed E-state index contributed by atoms with van der Waals surface area (Å²) < 4.78 is 22.5. The molecule has 3 saturated heterocycles. The molecule has 212 valence electrons. The van der Waals surface area contributed by atoms with Gasteiger partial charge in [0.1, 0.15) is 23.9 Å². The summed E-state index contributed by atoms with van der Waals surface area (Å²) in [6.07, 6.45) is 7.67. The van der Waals surface area contributed by atoms with Crippen molar-refractivity contribution in [3.8, 4) is 0 Å². The van der Waals surface area contributed by atoms with Crippen LogP contribution in [-0.4, -0.2) is 82.9 Å². The molecule has 1 spiro atoms. The summed E-state index contributed by atoms with van der Waals surface area (Å²) in [6.45, 7) is 9.41. The average molecular weight is 536 g/mol. The van der Waals surface area contributed by atoms with E-state index in [9.17, 15) is 19.5 Å². The van der Waals surface area contributed by atoms with Crippen LogP contribution in [0.5, 0.6) is 0 Å². The van der Waals surface area contributed by atoms with Gasteiger partial charge >= 0.3 is 11.9 Å². The van der Waals surface area contributed by atoms with Crippen molar-refractivity contribution in [2.75, 3.05) is 6.61 Å². The lowest BCUT2D eigenvalue weighted by molar-refractivity contribution is -0.155. The third-order valence-electron chi connectivity index (χ3n) is 7.33. The lowest BCUT2D eigenvalue weighted by Gasteiger charge is -2.39. The molecule has 0 bridgehead atoms. The van der Waals surface area contributed by atoms with Gasteiger partial charge in [-0.15, -0.1) is 0 Å². The molecule has 0 saturated carbocycles. The number of rotatable bonds is 10. The van der Waals surface area contributed by atoms with Gasteiger partial charge in [-0.2, -0.15) is 0 Å². The number of ether oxygens (including phenoxy) is 4. The maximum absolute atomic E-state index is 12.3. The van der Waals surface area contributed by atoms with Crippen LogP contribution in [0.1, 0.15) is 60.3 Å². The number of esters is 1. The minimum atomic E-state index is -0.941. The van der Waals surface area contributed by atoms with Gasteiger partial charge in [-0.1, -0.05) is 30.7 Å². The molecule has 3 fully saturated rings. The summed E-state index contributed by atoms with van der Waals surface area (Å²) >= 11 is 0. The Balaban J connectivity index is 1.49. The number of carboxylic acids is 1. The minimum absolute atomic E-state index is 0.0133. The standard InChI is InChI=1S/C28H41NO9/c1-16(7-10-24-27(34)28(15-35-28)14-21(38-24)13-26(32)33)6-9-23-17(2)12-22(19(4)37-23)29-25(31)11-8-18(3)36-20(5)30/h6-8,10-11,17-19,21-24,27,34H,9,12-15H2,1-5H3,(H,29,31)(H,32,33)/b10-7+,11-8+,16-6+/t17-,18?,19+,21+,22+,23-,24+,27+,28-/m0/s1. The third-order valence-corrected chi connectivity index (χ3v) is 7.33. The van der Waals surface area contributed by atoms with Crippen LogP contribution >= 0.6 is 0 Å². The zero-order valence-corrected chi connectivity index (χ0v) is 22.8. The van der Waals surface area contributed by atoms with Crippen LogP contribution in [0.15, 0.2) is 36.0 Å². The van der Waals surface area contributed by atoms with Crippen LogP contribution in [-0.2, 0) is 33.3 Å². The number of hydrogen-bond donors (Lipinski definition) is 3. The summed E-state index contributed by atoms with van der Waals surface area (Å²) in [6, 6.07) is -0.131. The Labute approximate surface area is 224 Å². The summed E-state index contributed by atoms with van der Waals surface area (Å²) in [5.74, 6) is -1.39. The van der Waals surface area contributed by atoms with Crippen molar-refractivity contribution in [3.05, 3.63) is 36.0 Å². The molecule has 3 aliphatic heterocycles. The number of allylic oxidation sites excluding steroid dienone is 2. The van der Waals surface area contributed by atoms with Crippen molar-refractivity contribution in [1.82, 2.24) is 5.32 Å². The molecule has 10 nitrogen and oxygen atoms in total. The summed E-state index contributed by atoms with van der Waals surface area (Å²) in [5, 5.41) is 22.8. The highest BCUT2D eigenvalue weighted by Gasteiger charge is 2.58. The molecular weight excluding hydrogens is 494 g/mol. The van der Waals surface area contributed by atoms with Crippen molar-refractivity contribution in [1.29, 1.82) is 0 Å². The quantitative estimate of drug-likeness (QED) is 0.166. The molecule has 0 aromatic rings. The number of epoxide rings is 1. The van der Waals surface area contributed by atoms with E-state index in [1.165, 1.54) is 13.0 Å². The largest absolute Gasteiger partial charge is 0.481 e. The van der Waals surface area contributed by atoms with E-state index in [0.29, 0.717) is 19.4 Å². The topological polar surface area (TPSA) is 144 Å². The lowest BCUT2D eigenvalue weighted by Crippen LogP contribution is -2.50. The average Bonchev–Trinajstić information content (AvgIpc) is 3.59. The second-order valence-electron chi connectivity index (χ2n) is 10.7. The molecule has 3 N–H and O–H groups in total. The minimum Gasteiger partial charge on any atom is -0.481 e. The maximum atomic E-state index is 12.3. The fourth-order valence-corrected chi connectivity index (χ4v) is 5.08. The molecule has 0 aromatic carbocycles. The Morgan fingerprint density at radius 1 is 1.18 bits per heavy atom. The first-order chi connectivity index (χ1) is 17.9. The number of carboxylic acid groups (broad SMARTS) is 1. The molecule has 1 amide bonds. The number of nitrogens with one attached hydrogen (secondary N) is 1. The predicted molar refractivity (Wildman–Crippen MR) is 138 cm³/mol. The highest BCUT2D eigenvalue weighted by atomic mass is 16.6. The van der Waals surface area contributed by atoms with Crippen molar-refractivity contribution in [2.45, 2.75) is 109 Å². The SMILES string of the molecule is CC(=O)OC(C)/C=C/C(=O)N[C@@H]1C[C@H](C)[C@H](C/C=C(C)/C=C/[C@H]2O[C@H](CC(=O)O)C[C@]3(CO3)[C@@H]2O)O[C@@H]1C. The van der Waals surface area contributed by atoms with Gasteiger partial charge in [0.15, 0.2) is 0 Å². The van der Waals surface area contributed by atoms with E-state index in [2.05, 4.69) is 18.3 Å². The smallest absolute Gasteiger partial charge is 0.305 e. The van der Waals surface area contributed by atoms with E-state index < -0.39 is 42.0 Å². The first kappa shape index (κ1) is 30.0. The van der Waals surface area contributed by atoms with E-state index in [4.69, 9.17) is 24.1 Å². The fraction of sp³-hybridized carbons (Fsp3) is 0.679. The van der Waals surface area contributed by atoms with Crippen molar-refractivity contribution < 1.29 is 43.5 Å². The monoisotopic (exact) mass is 535 g/mol. The second-order valence-corrected chi connectivity index (χ2v) is 10.7. The van der Waals surface area contributed by atoms with E-state index >= 15 is 0 Å². The first-order valence-corrected chi connectivity index (χ1v) is 13.2. The van der Waals surface area contributed by atoms with Crippen LogP contribution in [0, 0.1) is 5.92 Å². The molecule has 3 rings (SSSR count). The predicted octanol–water partition coefficient (Wildman–Crippen LogP) is 2.45. The van der Waals surface area contributed by atoms with Crippen LogP contribution in [0.4, 0.5) is 0 Å². The second kappa shape index (κ2) is 13.0. The molecule has 0 aromatic heterocycles. The van der Waals surface area contributed by atoms with Gasteiger partial charge in [0.25, 0.3) is 0 Å². The van der Waals surface area contributed by atoms with Gasteiger partial charge in [-0.05, 0) is 45.6 Å². The number of aliphatic hydroxyl groups is 1. The first-order valence-electron chi connectivity index (χ1n) is 13.2. The Morgan fingerprint density at radius 2 is 1.89 bits per heavy atom. The van der Waals surface area contributed by atoms with E-state index in [1.54, 1.807) is 19.1 Å². The van der Waals surface area contributed by atoms with Crippen molar-refractivity contribution in [3.63, 3.8) is 0 Å². The number of carbonyl (C=O) groups is 3. The van der Waals surface area contributed by atoms with E-state index in [1.807, 2.05) is 19.9 Å². The number of amides is 1. The summed E-state index contributed by atoms with van der Waals surface area (Å²) in [4.78, 5) is 34.4. The van der Waals surface area contributed by atoms with Gasteiger partial charge < -0.3 is 34.5 Å². The fourth-order valence-electron chi connectivity index (χ4n) is 5.08. The van der Waals surface area contributed by atoms with Gasteiger partial charge in [0.2, 0.25) is 5.91 Å². The van der Waals surface area contributed by atoms with Gasteiger partial charge in [0, 0.05) is 19.4 Å². The Hall–Kier alpha value is -2.53. The Bertz CT molecular complexity index is 954. The molecule has 1 unspecified atom stereocenters. The summed E-state index contributed by atoms with van der Waals surface area (Å²) in [7, 11) is 0. The van der Waals surface area contributed by atoms with Crippen molar-refractivity contribution >= 4 is 17.8 Å². The zero-order valence-electron chi connectivity index (χ0n) is 22.8. The zero-order chi connectivity index (χ0) is 28.0. The van der Waals surface area contributed by atoms with Gasteiger partial charge in [-0.25, -0.2) is 0 Å². The van der Waals surface area contributed by atoms with Crippen LogP contribution < -0.4 is 5.32 Å². The highest BCUT2D eigenvalue weighted by Crippen LogP contribution is 2.43. The molecule has 10 heteroatoms. The maximum Gasteiger partial charge on any atom is 0.305 e. The molecule has 3 aliphatic rings. The molecule has 38 heavy (non-hydrogen) atoms. The van der Waals surface area contributed by atoms with Crippen LogP contribution in [0.3, 0.4) is 0 Å². The Kier molecular flexibility index (Phi) is 10.3. The van der Waals surface area contributed by atoms with Crippen molar-refractivity contribution in [2.24, 2.45) is 5.92 Å². The molecule has 0 aliphatic carbocycles.